The van der Waals surface area contributed by atoms with Gasteiger partial charge in [0.25, 0.3) is 5.91 Å². The summed E-state index contributed by atoms with van der Waals surface area (Å²) in [5, 5.41) is 24.1. The number of nitrogens with zero attached hydrogens (tertiary/aromatic N) is 2. The quantitative estimate of drug-likeness (QED) is 0.267. The lowest BCUT2D eigenvalue weighted by Crippen LogP contribution is -2.60. The molecule has 312 valence electrons. The number of ketones is 1. The molecule has 3 aliphatic heterocycles. The van der Waals surface area contributed by atoms with Crippen molar-refractivity contribution in [3.05, 3.63) is 53.6 Å². The van der Waals surface area contributed by atoms with Gasteiger partial charge in [0.15, 0.2) is 12.1 Å². The van der Waals surface area contributed by atoms with Crippen LogP contribution in [0.5, 0.6) is 0 Å². The summed E-state index contributed by atoms with van der Waals surface area (Å²) in [6.45, 7) is 13.6. The van der Waals surface area contributed by atoms with Crippen LogP contribution in [0.15, 0.2) is 53.0 Å². The molecule has 3 fully saturated rings. The average molecular weight is 784 g/mol. The fourth-order valence-corrected chi connectivity index (χ4v) is 8.54. The molecule has 1 amide bonds. The van der Waals surface area contributed by atoms with Crippen LogP contribution in [0.1, 0.15) is 80.2 Å². The number of carbonyl (C=O) groups is 3. The molecule has 1 aromatic carbocycles. The van der Waals surface area contributed by atoms with Gasteiger partial charge in [0.1, 0.15) is 23.7 Å². The molecular weight excluding hydrogens is 718 g/mol. The summed E-state index contributed by atoms with van der Waals surface area (Å²) in [7, 11) is 3.75. The average Bonchev–Trinajstić information content (AvgIpc) is 3.17. The Kier molecular flexibility index (Phi) is 15.9. The molecule has 13 heteroatoms. The number of fused-ring (bicyclic) bond motifs is 5. The number of hydrogen-bond donors (Lipinski definition) is 3. The number of Topliss-reactive ketones (excluding diaryl/α,β-unsaturated/α-hetero) is 1. The second kappa shape index (κ2) is 19.5. The van der Waals surface area contributed by atoms with E-state index >= 15 is 0 Å². The monoisotopic (exact) mass is 783 g/mol. The van der Waals surface area contributed by atoms with Crippen LogP contribution in [0, 0.1) is 23.7 Å². The van der Waals surface area contributed by atoms with Crippen LogP contribution in [0.4, 0.5) is 0 Å². The number of aliphatic hydroxyl groups is 2. The third-order valence-electron chi connectivity index (χ3n) is 11.7. The molecule has 5 unspecified atom stereocenters. The summed E-state index contributed by atoms with van der Waals surface area (Å²) in [6, 6.07) is 9.49. The molecule has 3 aliphatic rings. The topological polar surface area (TPSA) is 179 Å². The Morgan fingerprint density at radius 1 is 1.07 bits per heavy atom. The fourth-order valence-electron chi connectivity index (χ4n) is 8.54. The predicted molar refractivity (Wildman–Crippen MR) is 214 cm³/mol. The summed E-state index contributed by atoms with van der Waals surface area (Å²) in [5.41, 5.74) is 4.73. The zero-order valence-corrected chi connectivity index (χ0v) is 34.8. The smallest absolute Gasteiger partial charge is 0.316 e. The zero-order chi connectivity index (χ0) is 41.5. The minimum atomic E-state index is -1.81. The first-order chi connectivity index (χ1) is 26.3. The van der Waals surface area contributed by atoms with Gasteiger partial charge < -0.3 is 44.5 Å². The molecule has 0 aromatic heterocycles. The second-order valence-corrected chi connectivity index (χ2v) is 16.6. The SMILES string of the molecule is CC[C@H]1OC(=O)[C@H](C)C(=O)[C@H](C)C(O[C@@H]2O[C@H](C)C[C@H](N(C)C)C2O)[C@@]2(C)CC(C)C(=NC(=O)CN)C(C)C(OC/C(=C/C=C/c3ccccc3)CO2)[C@]1(C)O. The van der Waals surface area contributed by atoms with Gasteiger partial charge in [0, 0.05) is 23.6 Å². The Morgan fingerprint density at radius 2 is 1.75 bits per heavy atom. The van der Waals surface area contributed by atoms with Gasteiger partial charge in [-0.2, -0.15) is 0 Å². The van der Waals surface area contributed by atoms with Gasteiger partial charge in [-0.25, -0.2) is 4.99 Å². The molecule has 13 nitrogen and oxygen atoms in total. The molecule has 13 atom stereocenters. The molecule has 1 aromatic rings. The van der Waals surface area contributed by atoms with Crippen molar-refractivity contribution in [3.8, 4) is 0 Å². The lowest BCUT2D eigenvalue weighted by atomic mass is 9.73. The Hall–Kier alpha value is -3.14. The second-order valence-electron chi connectivity index (χ2n) is 16.6. The maximum Gasteiger partial charge on any atom is 0.316 e. The molecule has 0 aliphatic carbocycles. The number of likely N-dealkylation sites (N-methyl/N-ethyl adjacent to an activating group) is 1. The van der Waals surface area contributed by atoms with E-state index in [2.05, 4.69) is 4.99 Å². The summed E-state index contributed by atoms with van der Waals surface area (Å²) >= 11 is 0. The zero-order valence-electron chi connectivity index (χ0n) is 34.8. The van der Waals surface area contributed by atoms with Gasteiger partial charge in [-0.3, -0.25) is 14.4 Å². The lowest BCUT2D eigenvalue weighted by molar-refractivity contribution is -0.296. The first-order valence-electron chi connectivity index (χ1n) is 19.9. The van der Waals surface area contributed by atoms with E-state index in [1.807, 2.05) is 95.3 Å². The number of rotatable bonds is 7. The molecular formula is C43H65N3O10. The minimum absolute atomic E-state index is 0.0138. The molecule has 56 heavy (non-hydrogen) atoms. The van der Waals surface area contributed by atoms with E-state index in [9.17, 15) is 24.6 Å². The van der Waals surface area contributed by atoms with E-state index in [0.29, 0.717) is 17.7 Å². The van der Waals surface area contributed by atoms with Gasteiger partial charge in [0.05, 0.1) is 43.7 Å². The Morgan fingerprint density at radius 3 is 2.38 bits per heavy atom. The van der Waals surface area contributed by atoms with Crippen LogP contribution in [-0.4, -0.2) is 126 Å². The normalized spacial score (nSPS) is 39.6. The summed E-state index contributed by atoms with van der Waals surface area (Å²) < 4.78 is 32.6. The number of allylic oxidation sites excluding steroid dienone is 2. The van der Waals surface area contributed by atoms with E-state index in [1.165, 1.54) is 6.92 Å². The molecule has 4 rings (SSSR count). The van der Waals surface area contributed by atoms with E-state index < -0.39 is 83.2 Å². The molecule has 0 saturated carbocycles. The number of ether oxygens (including phenoxy) is 5. The number of cyclic esters (lactones) is 1. The number of aliphatic imine (C=N–C) groups is 1. The van der Waals surface area contributed by atoms with Crippen molar-refractivity contribution in [2.75, 3.05) is 33.9 Å². The van der Waals surface area contributed by atoms with Crippen molar-refractivity contribution >= 4 is 29.4 Å². The number of nitrogens with two attached hydrogens (primary N) is 1. The first-order valence-corrected chi connectivity index (χ1v) is 19.9. The number of esters is 1. The summed E-state index contributed by atoms with van der Waals surface area (Å²) in [4.78, 5) is 47.8. The minimum Gasteiger partial charge on any atom is -0.459 e. The fraction of sp³-hybridized carbons (Fsp3) is 0.674. The molecule has 3 saturated heterocycles. The Balaban J connectivity index is 1.98. The predicted octanol–water partition coefficient (Wildman–Crippen LogP) is 4.13. The third-order valence-corrected chi connectivity index (χ3v) is 11.7. The van der Waals surface area contributed by atoms with Crippen molar-refractivity contribution in [2.45, 2.75) is 129 Å². The van der Waals surface area contributed by atoms with Gasteiger partial charge in [0.2, 0.25) is 0 Å². The van der Waals surface area contributed by atoms with Crippen molar-refractivity contribution in [3.63, 3.8) is 0 Å². The molecule has 0 spiro atoms. The highest BCUT2D eigenvalue weighted by atomic mass is 16.7. The van der Waals surface area contributed by atoms with Gasteiger partial charge in [-0.15, -0.1) is 0 Å². The number of benzene rings is 1. The summed E-state index contributed by atoms with van der Waals surface area (Å²) in [5.74, 6) is -5.29. The lowest BCUT2D eigenvalue weighted by Gasteiger charge is -2.47. The first kappa shape index (κ1) is 45.6. The largest absolute Gasteiger partial charge is 0.459 e. The maximum absolute atomic E-state index is 14.5. The third kappa shape index (κ3) is 10.7. The summed E-state index contributed by atoms with van der Waals surface area (Å²) in [6.07, 6.45) is 0.903. The number of aliphatic hydroxyl groups excluding tert-OH is 1. The van der Waals surface area contributed by atoms with Crippen LogP contribution in [0.3, 0.4) is 0 Å². The molecule has 3 heterocycles. The molecule has 0 radical (unpaired) electrons. The van der Waals surface area contributed by atoms with Crippen LogP contribution in [-0.2, 0) is 38.1 Å². The van der Waals surface area contributed by atoms with E-state index in [4.69, 9.17) is 29.4 Å². The highest BCUT2D eigenvalue weighted by molar-refractivity contribution is 6.00. The van der Waals surface area contributed by atoms with Gasteiger partial charge in [-0.05, 0) is 78.1 Å². The van der Waals surface area contributed by atoms with Crippen molar-refractivity contribution in [1.82, 2.24) is 4.90 Å². The maximum atomic E-state index is 14.5. The standard InChI is InChI=1S/C43H65N3O10/c1-11-33-43(8,51)39-27(4)35(45-34(47)22-44)25(2)21-42(7,53-24-31(23-52-39)19-15-18-30-16-13-12-14-17-30)38(28(5)36(48)29(6)40(50)55-33)56-41-37(49)32(46(9)10)20-26(3)54-41/h12-19,25-29,32-33,37-39,41,49,51H,11,20-24,44H2,1-10H3/b18-15+,31-19-,45-35?/t25?,26-,27?,28+,29-,32+,33-,37?,38?,39?,41+,42-,43-/m1/s1. The highest BCUT2D eigenvalue weighted by Gasteiger charge is 2.53. The van der Waals surface area contributed by atoms with Crippen molar-refractivity contribution in [1.29, 1.82) is 0 Å². The number of hydrogen-bond acceptors (Lipinski definition) is 12. The van der Waals surface area contributed by atoms with Crippen LogP contribution in [0.2, 0.25) is 0 Å². The van der Waals surface area contributed by atoms with Crippen LogP contribution < -0.4 is 5.73 Å². The van der Waals surface area contributed by atoms with E-state index in [1.54, 1.807) is 20.8 Å². The molecule has 4 N–H and O–H groups in total. The van der Waals surface area contributed by atoms with E-state index in [-0.39, 0.29) is 44.7 Å². The van der Waals surface area contributed by atoms with Crippen LogP contribution in [0.25, 0.3) is 6.08 Å². The highest BCUT2D eigenvalue weighted by Crippen LogP contribution is 2.40. The molecule has 2 bridgehead atoms. The van der Waals surface area contributed by atoms with Crippen molar-refractivity contribution < 1.29 is 48.3 Å². The Labute approximate surface area is 332 Å². The number of carbonyl (C=O) groups excluding carboxylic acids is 3. The van der Waals surface area contributed by atoms with Crippen molar-refractivity contribution in [2.24, 2.45) is 34.4 Å². The van der Waals surface area contributed by atoms with E-state index in [0.717, 1.165) is 5.56 Å². The number of amides is 1. The van der Waals surface area contributed by atoms with Gasteiger partial charge >= 0.3 is 5.97 Å². The van der Waals surface area contributed by atoms with Gasteiger partial charge in [-0.1, -0.05) is 76.3 Å². The van der Waals surface area contributed by atoms with Crippen LogP contribution >= 0.6 is 0 Å². The Bertz CT molecular complexity index is 1590.